The van der Waals surface area contributed by atoms with Gasteiger partial charge in [-0.05, 0) is 83.0 Å². The first kappa shape index (κ1) is 33.2. The summed E-state index contributed by atoms with van der Waals surface area (Å²) in [6.07, 6.45) is 0.275. The molecule has 0 aliphatic rings. The third-order valence-corrected chi connectivity index (χ3v) is 9.66. The molecule has 4 aromatic rings. The molecule has 2 amide bonds. The van der Waals surface area contributed by atoms with Crippen LogP contribution in [-0.2, 0) is 32.6 Å². The van der Waals surface area contributed by atoms with Crippen LogP contribution in [-0.4, -0.2) is 44.3 Å². The SMILES string of the molecule is Cc1ccc(CN(C(=O)CN(c2ccc(I)cc2)S(=O)(=O)c2ccccc2)C(Cc2ccccc2)C(=O)NCC(C)C)cc1. The van der Waals surface area contributed by atoms with Gasteiger partial charge < -0.3 is 10.2 Å². The standard InChI is InChI=1S/C35H38IN3O4S/c1-26(2)23-37-35(41)33(22-28-10-6-4-7-11-28)38(24-29-16-14-27(3)15-17-29)34(40)25-39(31-20-18-30(36)19-21-31)44(42,43)32-12-8-5-9-13-32/h4-21,26,33H,22-25H2,1-3H3,(H,37,41). The lowest BCUT2D eigenvalue weighted by molar-refractivity contribution is -0.140. The van der Waals surface area contributed by atoms with E-state index < -0.39 is 28.5 Å². The molecule has 0 aliphatic carbocycles. The summed E-state index contributed by atoms with van der Waals surface area (Å²) in [7, 11) is -4.12. The van der Waals surface area contributed by atoms with Crippen molar-refractivity contribution >= 4 is 50.1 Å². The lowest BCUT2D eigenvalue weighted by atomic mass is 10.0. The second-order valence-corrected chi connectivity index (χ2v) is 14.3. The normalized spacial score (nSPS) is 12.0. The molecule has 7 nitrogen and oxygen atoms in total. The van der Waals surface area contributed by atoms with Crippen LogP contribution in [0.15, 0.2) is 114 Å². The summed E-state index contributed by atoms with van der Waals surface area (Å²) < 4.78 is 30.1. The molecule has 230 valence electrons. The predicted molar refractivity (Wildman–Crippen MR) is 184 cm³/mol. The Morgan fingerprint density at radius 2 is 1.39 bits per heavy atom. The summed E-state index contributed by atoms with van der Waals surface area (Å²) >= 11 is 2.15. The molecular weight excluding hydrogens is 685 g/mol. The van der Waals surface area contributed by atoms with Crippen molar-refractivity contribution in [3.63, 3.8) is 0 Å². The quantitative estimate of drug-likeness (QED) is 0.167. The number of anilines is 1. The minimum atomic E-state index is -4.12. The molecule has 0 fully saturated rings. The Kier molecular flexibility index (Phi) is 11.6. The van der Waals surface area contributed by atoms with Crippen molar-refractivity contribution in [1.82, 2.24) is 10.2 Å². The van der Waals surface area contributed by atoms with Crippen LogP contribution in [0.1, 0.15) is 30.5 Å². The molecule has 0 spiro atoms. The van der Waals surface area contributed by atoms with Gasteiger partial charge in [0.1, 0.15) is 12.6 Å². The maximum atomic E-state index is 14.5. The molecule has 1 N–H and O–H groups in total. The number of hydrogen-bond donors (Lipinski definition) is 1. The molecule has 0 heterocycles. The van der Waals surface area contributed by atoms with Gasteiger partial charge in [-0.3, -0.25) is 13.9 Å². The fourth-order valence-corrected chi connectivity index (χ4v) is 6.52. The number of benzene rings is 4. The summed E-state index contributed by atoms with van der Waals surface area (Å²) in [4.78, 5) is 29.9. The maximum absolute atomic E-state index is 14.5. The lowest BCUT2D eigenvalue weighted by Crippen LogP contribution is -2.53. The van der Waals surface area contributed by atoms with Gasteiger partial charge in [0, 0.05) is 23.1 Å². The van der Waals surface area contributed by atoms with Gasteiger partial charge in [-0.1, -0.05) is 92.2 Å². The molecule has 44 heavy (non-hydrogen) atoms. The third-order valence-electron chi connectivity index (χ3n) is 7.15. The summed E-state index contributed by atoms with van der Waals surface area (Å²) in [5.41, 5.74) is 3.17. The van der Waals surface area contributed by atoms with Crippen molar-refractivity contribution < 1.29 is 18.0 Å². The Morgan fingerprint density at radius 1 is 0.795 bits per heavy atom. The highest BCUT2D eigenvalue weighted by molar-refractivity contribution is 14.1. The number of nitrogens with one attached hydrogen (secondary N) is 1. The van der Waals surface area contributed by atoms with E-state index in [0.29, 0.717) is 12.2 Å². The van der Waals surface area contributed by atoms with Crippen molar-refractivity contribution in [3.8, 4) is 0 Å². The van der Waals surface area contributed by atoms with E-state index in [1.807, 2.05) is 75.4 Å². The molecule has 1 atom stereocenters. The zero-order valence-corrected chi connectivity index (χ0v) is 28.2. The number of carbonyl (C=O) groups excluding carboxylic acids is 2. The van der Waals surface area contributed by atoms with Gasteiger partial charge in [-0.2, -0.15) is 0 Å². The summed E-state index contributed by atoms with van der Waals surface area (Å²) in [5.74, 6) is -0.552. The molecule has 9 heteroatoms. The third kappa shape index (κ3) is 8.92. The first-order valence-electron chi connectivity index (χ1n) is 14.5. The monoisotopic (exact) mass is 723 g/mol. The number of rotatable bonds is 13. The highest BCUT2D eigenvalue weighted by Crippen LogP contribution is 2.26. The highest BCUT2D eigenvalue weighted by Gasteiger charge is 2.34. The van der Waals surface area contributed by atoms with Crippen LogP contribution in [0.5, 0.6) is 0 Å². The van der Waals surface area contributed by atoms with Crippen molar-refractivity contribution in [3.05, 3.63) is 129 Å². The van der Waals surface area contributed by atoms with Crippen LogP contribution in [0.25, 0.3) is 0 Å². The van der Waals surface area contributed by atoms with Crippen LogP contribution >= 0.6 is 22.6 Å². The first-order chi connectivity index (χ1) is 21.0. The fourth-order valence-electron chi connectivity index (χ4n) is 4.72. The molecule has 4 aromatic carbocycles. The van der Waals surface area contributed by atoms with Gasteiger partial charge in [0.05, 0.1) is 10.6 Å². The van der Waals surface area contributed by atoms with Gasteiger partial charge in [0.2, 0.25) is 11.8 Å². The molecule has 0 radical (unpaired) electrons. The molecule has 0 aromatic heterocycles. The molecule has 0 saturated heterocycles. The van der Waals surface area contributed by atoms with Crippen molar-refractivity contribution in [2.45, 2.75) is 44.7 Å². The number of amides is 2. The molecule has 0 saturated carbocycles. The van der Waals surface area contributed by atoms with Crippen LogP contribution in [0.2, 0.25) is 0 Å². The Labute approximate surface area is 274 Å². The Hall–Kier alpha value is -3.70. The van der Waals surface area contributed by atoms with Crippen molar-refractivity contribution in [2.75, 3.05) is 17.4 Å². The Morgan fingerprint density at radius 3 is 1.98 bits per heavy atom. The summed E-state index contributed by atoms with van der Waals surface area (Å²) in [6, 6.07) is 31.5. The first-order valence-corrected chi connectivity index (χ1v) is 17.1. The van der Waals surface area contributed by atoms with Gasteiger partial charge in [0.15, 0.2) is 0 Å². The second kappa shape index (κ2) is 15.3. The molecule has 4 rings (SSSR count). The largest absolute Gasteiger partial charge is 0.354 e. The van der Waals surface area contributed by atoms with Gasteiger partial charge in [-0.25, -0.2) is 8.42 Å². The second-order valence-electron chi connectivity index (χ2n) is 11.2. The van der Waals surface area contributed by atoms with Gasteiger partial charge in [0.25, 0.3) is 10.0 Å². The van der Waals surface area contributed by atoms with Gasteiger partial charge >= 0.3 is 0 Å². The lowest BCUT2D eigenvalue weighted by Gasteiger charge is -2.34. The zero-order valence-electron chi connectivity index (χ0n) is 25.2. The number of aryl methyl sites for hydroxylation is 1. The maximum Gasteiger partial charge on any atom is 0.264 e. The van der Waals surface area contributed by atoms with E-state index in [4.69, 9.17) is 0 Å². The molecule has 0 bridgehead atoms. The summed E-state index contributed by atoms with van der Waals surface area (Å²) in [5, 5.41) is 3.01. The number of halogens is 1. The van der Waals surface area contributed by atoms with E-state index in [2.05, 4.69) is 27.9 Å². The molecule has 1 unspecified atom stereocenters. The van der Waals surface area contributed by atoms with E-state index >= 15 is 0 Å². The summed E-state index contributed by atoms with van der Waals surface area (Å²) in [6.45, 7) is 6.11. The number of sulfonamides is 1. The van der Waals surface area contributed by atoms with E-state index in [1.165, 1.54) is 17.0 Å². The average Bonchev–Trinajstić information content (AvgIpc) is 3.02. The minimum absolute atomic E-state index is 0.0759. The zero-order chi connectivity index (χ0) is 31.7. The number of carbonyl (C=O) groups is 2. The van der Waals surface area contributed by atoms with E-state index in [-0.39, 0.29) is 29.7 Å². The van der Waals surface area contributed by atoms with Crippen molar-refractivity contribution in [1.29, 1.82) is 0 Å². The Balaban J connectivity index is 1.78. The van der Waals surface area contributed by atoms with Crippen molar-refractivity contribution in [2.24, 2.45) is 5.92 Å². The number of nitrogens with zero attached hydrogens (tertiary/aromatic N) is 2. The van der Waals surface area contributed by atoms with E-state index in [1.54, 1.807) is 42.5 Å². The van der Waals surface area contributed by atoms with Crippen LogP contribution in [0.4, 0.5) is 5.69 Å². The molecular formula is C35H38IN3O4S. The smallest absolute Gasteiger partial charge is 0.264 e. The molecule has 0 aliphatic heterocycles. The topological polar surface area (TPSA) is 86.8 Å². The Bertz CT molecular complexity index is 1630. The van der Waals surface area contributed by atoms with Crippen LogP contribution < -0.4 is 9.62 Å². The van der Waals surface area contributed by atoms with E-state index in [0.717, 1.165) is 24.6 Å². The fraction of sp³-hybridized carbons (Fsp3) is 0.257. The average molecular weight is 724 g/mol. The highest BCUT2D eigenvalue weighted by atomic mass is 127. The van der Waals surface area contributed by atoms with Crippen LogP contribution in [0, 0.1) is 16.4 Å². The van der Waals surface area contributed by atoms with Crippen LogP contribution in [0.3, 0.4) is 0 Å². The number of hydrogen-bond acceptors (Lipinski definition) is 4. The van der Waals surface area contributed by atoms with E-state index in [9.17, 15) is 18.0 Å². The minimum Gasteiger partial charge on any atom is -0.354 e. The predicted octanol–water partition coefficient (Wildman–Crippen LogP) is 6.21. The van der Waals surface area contributed by atoms with Gasteiger partial charge in [-0.15, -0.1) is 0 Å².